The Bertz CT molecular complexity index is 984. The van der Waals surface area contributed by atoms with Gasteiger partial charge in [-0.1, -0.05) is 56.0 Å². The van der Waals surface area contributed by atoms with E-state index >= 15 is 0 Å². The maximum absolute atomic E-state index is 13.2. The molecule has 0 saturated heterocycles. The number of sulfonamides is 1. The van der Waals surface area contributed by atoms with Crippen LogP contribution in [0, 0.1) is 6.92 Å². The van der Waals surface area contributed by atoms with Crippen LogP contribution in [-0.2, 0) is 21.2 Å². The van der Waals surface area contributed by atoms with Gasteiger partial charge in [-0.25, -0.2) is 8.42 Å². The second kappa shape index (κ2) is 11.5. The lowest BCUT2D eigenvalue weighted by atomic mass is 10.0. The van der Waals surface area contributed by atoms with Crippen LogP contribution in [0.1, 0.15) is 56.6 Å². The number of hydrogen-bond donors (Lipinski definition) is 2. The van der Waals surface area contributed by atoms with Gasteiger partial charge < -0.3 is 10.1 Å². The summed E-state index contributed by atoms with van der Waals surface area (Å²) < 4.78 is 34.5. The minimum atomic E-state index is -3.89. The lowest BCUT2D eigenvalue weighted by Gasteiger charge is -2.23. The molecular formula is C25H34N2O4S. The summed E-state index contributed by atoms with van der Waals surface area (Å²) in [6, 6.07) is 13.4. The number of rotatable bonds is 9. The fraction of sp³-hybridized carbons (Fsp3) is 0.480. The number of hydrogen-bond acceptors (Lipinski definition) is 4. The molecule has 174 valence electrons. The third-order valence-corrected chi connectivity index (χ3v) is 7.32. The Morgan fingerprint density at radius 3 is 2.38 bits per heavy atom. The fourth-order valence-electron chi connectivity index (χ4n) is 4.12. The molecule has 0 aliphatic heterocycles. The first kappa shape index (κ1) is 24.3. The normalized spacial score (nSPS) is 16.2. The molecule has 32 heavy (non-hydrogen) atoms. The van der Waals surface area contributed by atoms with E-state index in [1.54, 1.807) is 12.1 Å². The highest BCUT2D eigenvalue weighted by Gasteiger charge is 2.28. The van der Waals surface area contributed by atoms with E-state index in [1.165, 1.54) is 18.9 Å². The van der Waals surface area contributed by atoms with Crippen LogP contribution < -0.4 is 14.8 Å². The van der Waals surface area contributed by atoms with Crippen LogP contribution in [0.5, 0.6) is 5.75 Å². The Morgan fingerprint density at radius 2 is 1.75 bits per heavy atom. The molecule has 0 aromatic heterocycles. The van der Waals surface area contributed by atoms with Crippen LogP contribution in [0.2, 0.25) is 0 Å². The Labute approximate surface area is 191 Å². The molecule has 2 aromatic rings. The monoisotopic (exact) mass is 458 g/mol. The molecule has 1 aliphatic rings. The first-order chi connectivity index (χ1) is 15.4. The van der Waals surface area contributed by atoms with Crippen LogP contribution in [0.15, 0.2) is 53.4 Å². The number of aryl methyl sites for hydroxylation is 1. The second-order valence-electron chi connectivity index (χ2n) is 8.42. The van der Waals surface area contributed by atoms with E-state index in [-0.39, 0.29) is 23.3 Å². The summed E-state index contributed by atoms with van der Waals surface area (Å²) in [5.41, 5.74) is 1.64. The molecule has 2 aromatic carbocycles. The third kappa shape index (κ3) is 6.81. The molecule has 1 fully saturated rings. The van der Waals surface area contributed by atoms with Gasteiger partial charge in [-0.3, -0.25) is 4.79 Å². The van der Waals surface area contributed by atoms with Gasteiger partial charge in [0.25, 0.3) is 0 Å². The van der Waals surface area contributed by atoms with Crippen molar-refractivity contribution in [1.29, 1.82) is 0 Å². The number of ether oxygens (including phenoxy) is 1. The summed E-state index contributed by atoms with van der Waals surface area (Å²) in [5.74, 6) is 0.380. The van der Waals surface area contributed by atoms with Gasteiger partial charge in [0.15, 0.2) is 0 Å². The first-order valence-electron chi connectivity index (χ1n) is 11.5. The molecule has 0 heterocycles. The van der Waals surface area contributed by atoms with Crippen LogP contribution in [0.3, 0.4) is 0 Å². The largest absolute Gasteiger partial charge is 0.494 e. The van der Waals surface area contributed by atoms with Gasteiger partial charge in [-0.15, -0.1) is 0 Å². The van der Waals surface area contributed by atoms with Gasteiger partial charge in [0.2, 0.25) is 15.9 Å². The Morgan fingerprint density at radius 1 is 1.06 bits per heavy atom. The summed E-state index contributed by atoms with van der Waals surface area (Å²) in [6.07, 6.45) is 6.71. The fourth-order valence-corrected chi connectivity index (χ4v) is 5.41. The molecule has 7 heteroatoms. The van der Waals surface area contributed by atoms with Crippen molar-refractivity contribution in [3.63, 3.8) is 0 Å². The minimum Gasteiger partial charge on any atom is -0.494 e. The zero-order valence-corrected chi connectivity index (χ0v) is 19.8. The van der Waals surface area contributed by atoms with E-state index in [0.717, 1.165) is 36.8 Å². The molecule has 1 aliphatic carbocycles. The van der Waals surface area contributed by atoms with E-state index in [0.29, 0.717) is 12.4 Å². The third-order valence-electron chi connectivity index (χ3n) is 5.85. The van der Waals surface area contributed by atoms with Crippen molar-refractivity contribution in [2.24, 2.45) is 0 Å². The zero-order valence-electron chi connectivity index (χ0n) is 19.0. The molecule has 0 unspecified atom stereocenters. The molecule has 1 atom stereocenters. The predicted octanol–water partition coefficient (Wildman–Crippen LogP) is 4.12. The molecule has 2 N–H and O–H groups in total. The standard InChI is InChI=1S/C25H34N2O4S/c1-3-31-24-16-15-22(17-19(24)2)32(29,30)27-23(18-20-11-7-6-8-12-20)25(28)26-21-13-9-4-5-10-14-21/h6-8,11-12,15-17,21,23,27H,3-5,9-10,13-14,18H2,1-2H3,(H,26,28)/t23-/m1/s1. The van der Waals surface area contributed by atoms with Crippen molar-refractivity contribution in [2.75, 3.05) is 6.61 Å². The van der Waals surface area contributed by atoms with Gasteiger partial charge in [0.1, 0.15) is 11.8 Å². The number of carbonyl (C=O) groups is 1. The van der Waals surface area contributed by atoms with Gasteiger partial charge >= 0.3 is 0 Å². The number of nitrogens with one attached hydrogen (secondary N) is 2. The van der Waals surface area contributed by atoms with Crippen LogP contribution in [0.4, 0.5) is 0 Å². The lowest BCUT2D eigenvalue weighted by Crippen LogP contribution is -2.50. The van der Waals surface area contributed by atoms with Crippen molar-refractivity contribution in [1.82, 2.24) is 10.0 Å². The number of benzene rings is 2. The molecular weight excluding hydrogens is 424 g/mol. The second-order valence-corrected chi connectivity index (χ2v) is 10.1. The van der Waals surface area contributed by atoms with Crippen molar-refractivity contribution in [3.05, 3.63) is 59.7 Å². The van der Waals surface area contributed by atoms with Crippen molar-refractivity contribution in [3.8, 4) is 5.75 Å². The van der Waals surface area contributed by atoms with Gasteiger partial charge in [0.05, 0.1) is 11.5 Å². The van der Waals surface area contributed by atoms with E-state index in [4.69, 9.17) is 4.74 Å². The van der Waals surface area contributed by atoms with Crippen LogP contribution in [-0.4, -0.2) is 33.0 Å². The molecule has 0 bridgehead atoms. The highest BCUT2D eigenvalue weighted by atomic mass is 32.2. The molecule has 6 nitrogen and oxygen atoms in total. The first-order valence-corrected chi connectivity index (χ1v) is 13.0. The summed E-state index contributed by atoms with van der Waals surface area (Å²) >= 11 is 0. The maximum Gasteiger partial charge on any atom is 0.241 e. The Kier molecular flexibility index (Phi) is 8.70. The van der Waals surface area contributed by atoms with Gasteiger partial charge in [-0.05, 0) is 62.4 Å². The molecule has 1 amide bonds. The summed E-state index contributed by atoms with van der Waals surface area (Å²) in [6.45, 7) is 4.20. The Hall–Kier alpha value is -2.38. The average molecular weight is 459 g/mol. The average Bonchev–Trinajstić information content (AvgIpc) is 3.04. The number of carbonyl (C=O) groups excluding carboxylic acids is 1. The SMILES string of the molecule is CCOc1ccc(S(=O)(=O)N[C@H](Cc2ccccc2)C(=O)NC2CCCCCC2)cc1C. The molecule has 3 rings (SSSR count). The molecule has 1 saturated carbocycles. The summed E-state index contributed by atoms with van der Waals surface area (Å²) in [5, 5.41) is 3.10. The topological polar surface area (TPSA) is 84.5 Å². The van der Waals surface area contributed by atoms with Gasteiger partial charge in [0, 0.05) is 6.04 Å². The maximum atomic E-state index is 13.2. The van der Waals surface area contributed by atoms with Crippen LogP contribution in [0.25, 0.3) is 0 Å². The smallest absolute Gasteiger partial charge is 0.241 e. The quantitative estimate of drug-likeness (QED) is 0.554. The highest BCUT2D eigenvalue weighted by molar-refractivity contribution is 7.89. The van der Waals surface area contributed by atoms with Crippen molar-refractivity contribution < 1.29 is 17.9 Å². The molecule has 0 spiro atoms. The van der Waals surface area contributed by atoms with E-state index in [9.17, 15) is 13.2 Å². The van der Waals surface area contributed by atoms with Crippen molar-refractivity contribution >= 4 is 15.9 Å². The van der Waals surface area contributed by atoms with E-state index in [2.05, 4.69) is 10.0 Å². The van der Waals surface area contributed by atoms with Crippen molar-refractivity contribution in [2.45, 2.75) is 75.8 Å². The molecule has 0 radical (unpaired) electrons. The highest BCUT2D eigenvalue weighted by Crippen LogP contribution is 2.22. The summed E-state index contributed by atoms with van der Waals surface area (Å²) in [4.78, 5) is 13.3. The van der Waals surface area contributed by atoms with Gasteiger partial charge in [-0.2, -0.15) is 4.72 Å². The zero-order chi connectivity index (χ0) is 23.0. The van der Waals surface area contributed by atoms with Crippen LogP contribution >= 0.6 is 0 Å². The number of amides is 1. The van der Waals surface area contributed by atoms with E-state index < -0.39 is 16.1 Å². The lowest BCUT2D eigenvalue weighted by molar-refractivity contribution is -0.123. The Balaban J connectivity index is 1.80. The van der Waals surface area contributed by atoms with E-state index in [1.807, 2.05) is 44.2 Å². The minimum absolute atomic E-state index is 0.0977. The summed E-state index contributed by atoms with van der Waals surface area (Å²) in [7, 11) is -3.89. The predicted molar refractivity (Wildman–Crippen MR) is 126 cm³/mol.